The first kappa shape index (κ1) is 25.3. The zero-order valence-corrected chi connectivity index (χ0v) is 19.8. The van der Waals surface area contributed by atoms with E-state index in [0.29, 0.717) is 0 Å². The van der Waals surface area contributed by atoms with Crippen molar-refractivity contribution < 1.29 is 53.6 Å². The minimum Gasteiger partial charge on any atom is -0.387 e. The quantitative estimate of drug-likeness (QED) is 0.438. The van der Waals surface area contributed by atoms with Crippen LogP contribution in [0.25, 0.3) is 0 Å². The van der Waals surface area contributed by atoms with Gasteiger partial charge in [-0.3, -0.25) is 0 Å². The second kappa shape index (κ2) is 10.6. The zero-order valence-electron chi connectivity index (χ0n) is 19.8. The van der Waals surface area contributed by atoms with Gasteiger partial charge in [0, 0.05) is 11.1 Å². The topological polar surface area (TPSA) is 146 Å². The fourth-order valence-corrected chi connectivity index (χ4v) is 5.07. The number of rotatable bonds is 4. The van der Waals surface area contributed by atoms with Crippen LogP contribution in [0, 0.1) is 0 Å². The van der Waals surface area contributed by atoms with E-state index in [9.17, 15) is 20.4 Å². The highest BCUT2D eigenvalue weighted by Gasteiger charge is 2.53. The predicted molar refractivity (Wildman–Crippen MR) is 122 cm³/mol. The Morgan fingerprint density at radius 1 is 0.541 bits per heavy atom. The molecule has 12 atom stereocenters. The van der Waals surface area contributed by atoms with E-state index < -0.39 is 74.0 Å². The van der Waals surface area contributed by atoms with Crippen LogP contribution in [0.5, 0.6) is 0 Å². The van der Waals surface area contributed by atoms with Crippen molar-refractivity contribution in [3.05, 3.63) is 71.8 Å². The number of fused-ring (bicyclic) bond motifs is 2. The van der Waals surface area contributed by atoms with Crippen LogP contribution in [0.15, 0.2) is 60.7 Å². The molecule has 4 aliphatic rings. The molecule has 6 rings (SSSR count). The van der Waals surface area contributed by atoms with Crippen molar-refractivity contribution in [1.29, 1.82) is 0 Å². The third-order valence-electron chi connectivity index (χ3n) is 7.08. The summed E-state index contributed by atoms with van der Waals surface area (Å²) >= 11 is 0. The molecule has 11 heteroatoms. The van der Waals surface area contributed by atoms with E-state index in [1.165, 1.54) is 0 Å². The first-order valence-electron chi connectivity index (χ1n) is 12.3. The van der Waals surface area contributed by atoms with E-state index in [1.807, 2.05) is 60.7 Å². The molecule has 4 heterocycles. The van der Waals surface area contributed by atoms with Crippen molar-refractivity contribution in [2.24, 2.45) is 0 Å². The van der Waals surface area contributed by atoms with Crippen LogP contribution < -0.4 is 0 Å². The number of ether oxygens (including phenoxy) is 7. The molecule has 4 fully saturated rings. The van der Waals surface area contributed by atoms with Crippen LogP contribution in [0.3, 0.4) is 0 Å². The summed E-state index contributed by atoms with van der Waals surface area (Å²) in [6.45, 7) is 0.162. The lowest BCUT2D eigenvalue weighted by Crippen LogP contribution is -2.66. The van der Waals surface area contributed by atoms with E-state index in [-0.39, 0.29) is 13.2 Å². The largest absolute Gasteiger partial charge is 0.387 e. The third-order valence-corrected chi connectivity index (χ3v) is 7.08. The summed E-state index contributed by atoms with van der Waals surface area (Å²) in [4.78, 5) is 0. The second-order valence-corrected chi connectivity index (χ2v) is 9.54. The maximum absolute atomic E-state index is 10.8. The van der Waals surface area contributed by atoms with Crippen LogP contribution in [0.1, 0.15) is 23.7 Å². The summed E-state index contributed by atoms with van der Waals surface area (Å²) in [6.07, 6.45) is -13.1. The molecule has 200 valence electrons. The van der Waals surface area contributed by atoms with Gasteiger partial charge in [0.15, 0.2) is 25.2 Å². The summed E-state index contributed by atoms with van der Waals surface area (Å²) in [5.74, 6) is 0. The molecule has 4 aliphatic heterocycles. The van der Waals surface area contributed by atoms with Crippen molar-refractivity contribution in [2.45, 2.75) is 74.0 Å². The van der Waals surface area contributed by atoms with E-state index in [0.717, 1.165) is 11.1 Å². The number of aliphatic hydroxyl groups is 4. The smallest absolute Gasteiger partial charge is 0.189 e. The summed E-state index contributed by atoms with van der Waals surface area (Å²) in [6, 6.07) is 18.5. The van der Waals surface area contributed by atoms with E-state index in [4.69, 9.17) is 33.2 Å². The lowest BCUT2D eigenvalue weighted by atomic mass is 9.96. The molecule has 11 nitrogen and oxygen atoms in total. The van der Waals surface area contributed by atoms with Crippen molar-refractivity contribution in [3.63, 3.8) is 0 Å². The highest BCUT2D eigenvalue weighted by atomic mass is 16.8. The fraction of sp³-hybridized carbons (Fsp3) is 0.538. The molecule has 4 N–H and O–H groups in total. The lowest BCUT2D eigenvalue weighted by molar-refractivity contribution is -0.412. The van der Waals surface area contributed by atoms with Gasteiger partial charge in [0.2, 0.25) is 0 Å². The number of hydrogen-bond donors (Lipinski definition) is 4. The van der Waals surface area contributed by atoms with E-state index >= 15 is 0 Å². The predicted octanol–water partition coefficient (Wildman–Crippen LogP) is 0.125. The SMILES string of the molecule is O[C@@H]1[C@H](O[C@H]2O[C@H]3CO[C@H](c4ccccc4)O[C@@H]3[C@@H](O)[C@H]2O)O[C@H]2CO[C@H](c3ccccc3)O[C@H]2[C@@H]1O. The number of benzene rings is 2. The molecule has 0 aliphatic carbocycles. The molecule has 0 aromatic heterocycles. The van der Waals surface area contributed by atoms with Gasteiger partial charge in [-0.05, 0) is 0 Å². The van der Waals surface area contributed by atoms with Crippen LogP contribution in [0.4, 0.5) is 0 Å². The molecular weight excluding hydrogens is 488 g/mol. The molecule has 0 bridgehead atoms. The van der Waals surface area contributed by atoms with E-state index in [2.05, 4.69) is 0 Å². The molecule has 0 saturated carbocycles. The Bertz CT molecular complexity index is 940. The summed E-state index contributed by atoms with van der Waals surface area (Å²) < 4.78 is 40.7. The zero-order chi connectivity index (χ0) is 25.5. The summed E-state index contributed by atoms with van der Waals surface area (Å²) in [5.41, 5.74) is 1.55. The van der Waals surface area contributed by atoms with Gasteiger partial charge in [0.25, 0.3) is 0 Å². The first-order valence-corrected chi connectivity index (χ1v) is 12.3. The van der Waals surface area contributed by atoms with Gasteiger partial charge in [-0.2, -0.15) is 0 Å². The van der Waals surface area contributed by atoms with Crippen LogP contribution >= 0.6 is 0 Å². The minimum atomic E-state index is -1.51. The highest BCUT2D eigenvalue weighted by molar-refractivity contribution is 5.17. The fourth-order valence-electron chi connectivity index (χ4n) is 5.07. The average molecular weight is 519 g/mol. The molecule has 0 amide bonds. The molecule has 2 aromatic rings. The van der Waals surface area contributed by atoms with Gasteiger partial charge >= 0.3 is 0 Å². The van der Waals surface area contributed by atoms with Crippen LogP contribution in [-0.4, -0.2) is 95.1 Å². The average Bonchev–Trinajstić information content (AvgIpc) is 2.95. The normalized spacial score (nSPS) is 44.0. The molecule has 0 spiro atoms. The first-order chi connectivity index (χ1) is 18.0. The number of aliphatic hydroxyl groups excluding tert-OH is 4. The Morgan fingerprint density at radius 3 is 1.35 bits per heavy atom. The van der Waals surface area contributed by atoms with Gasteiger partial charge in [0.1, 0.15) is 48.8 Å². The third kappa shape index (κ3) is 4.93. The Kier molecular flexibility index (Phi) is 7.27. The van der Waals surface area contributed by atoms with Crippen molar-refractivity contribution in [3.8, 4) is 0 Å². The monoisotopic (exact) mass is 518 g/mol. The van der Waals surface area contributed by atoms with Gasteiger partial charge < -0.3 is 53.6 Å². The maximum Gasteiger partial charge on any atom is 0.189 e. The van der Waals surface area contributed by atoms with Crippen molar-refractivity contribution >= 4 is 0 Å². The minimum absolute atomic E-state index is 0.0812. The van der Waals surface area contributed by atoms with Crippen LogP contribution in [0.2, 0.25) is 0 Å². The molecular formula is C26H30O11. The molecule has 0 unspecified atom stereocenters. The molecule has 2 aromatic carbocycles. The highest BCUT2D eigenvalue weighted by Crippen LogP contribution is 2.37. The molecule has 4 saturated heterocycles. The summed E-state index contributed by atoms with van der Waals surface area (Å²) in [5, 5.41) is 43.1. The Morgan fingerprint density at radius 2 is 0.946 bits per heavy atom. The van der Waals surface area contributed by atoms with Gasteiger partial charge in [0.05, 0.1) is 13.2 Å². The Labute approximate surface area is 213 Å². The summed E-state index contributed by atoms with van der Waals surface area (Å²) in [7, 11) is 0. The molecule has 0 radical (unpaired) electrons. The Balaban J connectivity index is 1.09. The second-order valence-electron chi connectivity index (χ2n) is 9.54. The van der Waals surface area contributed by atoms with E-state index in [1.54, 1.807) is 0 Å². The Hall–Kier alpha value is -2.00. The van der Waals surface area contributed by atoms with Crippen molar-refractivity contribution in [2.75, 3.05) is 13.2 Å². The standard InChI is InChI=1S/C26H30O11/c27-17-19(29)25(33-15-11-31-23(35-21(15)17)13-7-3-1-4-8-13)37-26-20(30)18(28)22-16(34-26)12-32-24(36-22)14-9-5-2-6-10-14/h1-10,15-30H,11-12H2/t15-,16-,17-,18+,19+,20-,21-,22+,23-,24-,25+,26-/m0/s1. The maximum atomic E-state index is 10.8. The van der Waals surface area contributed by atoms with Gasteiger partial charge in [-0.1, -0.05) is 60.7 Å². The van der Waals surface area contributed by atoms with Gasteiger partial charge in [-0.15, -0.1) is 0 Å². The molecule has 37 heavy (non-hydrogen) atoms. The van der Waals surface area contributed by atoms with Crippen molar-refractivity contribution in [1.82, 2.24) is 0 Å². The van der Waals surface area contributed by atoms with Gasteiger partial charge in [-0.25, -0.2) is 0 Å². The number of hydrogen-bond acceptors (Lipinski definition) is 11. The lowest BCUT2D eigenvalue weighted by Gasteiger charge is -2.49. The van der Waals surface area contributed by atoms with Crippen LogP contribution in [-0.2, 0) is 33.2 Å².